The van der Waals surface area contributed by atoms with Gasteiger partial charge in [0.1, 0.15) is 6.04 Å². The molecule has 2 rings (SSSR count). The third-order valence-electron chi connectivity index (χ3n) is 2.55. The Morgan fingerprint density at radius 1 is 1.56 bits per heavy atom. The zero-order valence-electron chi connectivity index (χ0n) is 8.76. The molecule has 0 aromatic heterocycles. The molecular weight excluding hydrogens is 232 g/mol. The van der Waals surface area contributed by atoms with E-state index in [0.717, 1.165) is 5.75 Å². The number of amides is 2. The summed E-state index contributed by atoms with van der Waals surface area (Å²) in [6, 6.07) is -0.542. The first-order valence-corrected chi connectivity index (χ1v) is 6.04. The van der Waals surface area contributed by atoms with Crippen LogP contribution in [0.4, 0.5) is 0 Å². The van der Waals surface area contributed by atoms with Crippen LogP contribution in [0.3, 0.4) is 0 Å². The highest BCUT2D eigenvalue weighted by Crippen LogP contribution is 2.37. The van der Waals surface area contributed by atoms with Crippen molar-refractivity contribution in [2.24, 2.45) is 0 Å². The van der Waals surface area contributed by atoms with Gasteiger partial charge in [-0.3, -0.25) is 9.59 Å². The number of hydrogen-bond donors (Lipinski definition) is 1. The number of hydroxylamine groups is 1. The normalized spacial score (nSPS) is 27.8. The fourth-order valence-corrected chi connectivity index (χ4v) is 3.11. The van der Waals surface area contributed by atoms with Crippen molar-refractivity contribution in [3.8, 4) is 0 Å². The highest BCUT2D eigenvalue weighted by Gasteiger charge is 2.47. The minimum absolute atomic E-state index is 0.0259. The van der Waals surface area contributed by atoms with Crippen LogP contribution in [0.25, 0.3) is 0 Å². The monoisotopic (exact) mass is 244 g/mol. The number of β-lactam (4-membered cyclic amide) rings is 1. The minimum atomic E-state index is -0.562. The average Bonchev–Trinajstić information content (AvgIpc) is 2.23. The second kappa shape index (κ2) is 4.32. The summed E-state index contributed by atoms with van der Waals surface area (Å²) in [5.74, 6) is -0.200. The zero-order chi connectivity index (χ0) is 11.7. The van der Waals surface area contributed by atoms with E-state index in [-0.39, 0.29) is 11.3 Å². The Labute approximate surface area is 96.6 Å². The summed E-state index contributed by atoms with van der Waals surface area (Å²) in [5, 5.41) is 0.108. The van der Waals surface area contributed by atoms with E-state index in [0.29, 0.717) is 12.8 Å². The van der Waals surface area contributed by atoms with Gasteiger partial charge in [-0.05, 0) is 12.2 Å². The molecule has 16 heavy (non-hydrogen) atoms. The van der Waals surface area contributed by atoms with Crippen molar-refractivity contribution >= 4 is 29.5 Å². The van der Waals surface area contributed by atoms with Gasteiger partial charge in [0.25, 0.3) is 0 Å². The number of hydrogen-bond acceptors (Lipinski definition) is 5. The van der Waals surface area contributed by atoms with Crippen molar-refractivity contribution < 1.29 is 19.2 Å². The van der Waals surface area contributed by atoms with Gasteiger partial charge in [-0.25, -0.2) is 4.79 Å². The van der Waals surface area contributed by atoms with E-state index in [1.165, 1.54) is 11.8 Å². The lowest BCUT2D eigenvalue weighted by Crippen LogP contribution is -2.61. The molecular formula is C9H12N2O4S. The SMILES string of the molecule is CC(=O)NOC(=O)C1CCS[C@@H]2CC(=O)N12. The highest BCUT2D eigenvalue weighted by molar-refractivity contribution is 8.00. The quantitative estimate of drug-likeness (QED) is 0.504. The van der Waals surface area contributed by atoms with E-state index in [2.05, 4.69) is 4.84 Å². The molecule has 2 saturated heterocycles. The number of thioether (sulfide) groups is 1. The summed E-state index contributed by atoms with van der Waals surface area (Å²) in [6.07, 6.45) is 1.07. The van der Waals surface area contributed by atoms with E-state index < -0.39 is 17.9 Å². The molecule has 7 heteroatoms. The van der Waals surface area contributed by atoms with Crippen LogP contribution >= 0.6 is 11.8 Å². The van der Waals surface area contributed by atoms with E-state index >= 15 is 0 Å². The predicted octanol–water partition coefficient (Wildman–Crippen LogP) is -0.355. The molecule has 0 spiro atoms. The second-order valence-electron chi connectivity index (χ2n) is 3.71. The third kappa shape index (κ3) is 1.99. The first kappa shape index (κ1) is 11.3. The summed E-state index contributed by atoms with van der Waals surface area (Å²) >= 11 is 1.67. The molecule has 2 fully saturated rings. The van der Waals surface area contributed by atoms with E-state index in [9.17, 15) is 14.4 Å². The van der Waals surface area contributed by atoms with Gasteiger partial charge in [0.2, 0.25) is 11.8 Å². The lowest BCUT2D eigenvalue weighted by atomic mass is 10.1. The summed E-state index contributed by atoms with van der Waals surface area (Å²) in [7, 11) is 0. The Kier molecular flexibility index (Phi) is 3.04. The number of fused-ring (bicyclic) bond motifs is 1. The Hall–Kier alpha value is -1.24. The first-order chi connectivity index (χ1) is 7.59. The molecule has 88 valence electrons. The van der Waals surface area contributed by atoms with Crippen LogP contribution in [0.2, 0.25) is 0 Å². The van der Waals surface area contributed by atoms with Gasteiger partial charge in [-0.2, -0.15) is 5.48 Å². The molecule has 1 N–H and O–H groups in total. The Bertz CT molecular complexity index is 346. The first-order valence-electron chi connectivity index (χ1n) is 4.99. The maximum atomic E-state index is 11.6. The number of nitrogens with zero attached hydrogens (tertiary/aromatic N) is 1. The lowest BCUT2D eigenvalue weighted by molar-refractivity contribution is -0.170. The van der Waals surface area contributed by atoms with Gasteiger partial charge < -0.3 is 9.74 Å². The maximum absolute atomic E-state index is 11.6. The minimum Gasteiger partial charge on any atom is -0.338 e. The van der Waals surface area contributed by atoms with Crippen LogP contribution < -0.4 is 5.48 Å². The zero-order valence-corrected chi connectivity index (χ0v) is 9.58. The van der Waals surface area contributed by atoms with Crippen molar-refractivity contribution in [1.29, 1.82) is 0 Å². The van der Waals surface area contributed by atoms with E-state index in [4.69, 9.17) is 0 Å². The Balaban J connectivity index is 1.94. The Morgan fingerprint density at radius 2 is 2.31 bits per heavy atom. The van der Waals surface area contributed by atoms with Crippen molar-refractivity contribution in [2.75, 3.05) is 5.75 Å². The van der Waals surface area contributed by atoms with E-state index in [1.54, 1.807) is 11.8 Å². The van der Waals surface area contributed by atoms with Crippen LogP contribution in [0.5, 0.6) is 0 Å². The standard InChI is InChI=1S/C9H12N2O4S/c1-5(12)10-15-9(14)6-2-3-16-8-4-7(13)11(6)8/h6,8H,2-4H2,1H3,(H,10,12)/t6?,8-/m1/s1. The molecule has 2 aliphatic rings. The van der Waals surface area contributed by atoms with Crippen LogP contribution in [0.1, 0.15) is 19.8 Å². The molecule has 1 unspecified atom stereocenters. The highest BCUT2D eigenvalue weighted by atomic mass is 32.2. The van der Waals surface area contributed by atoms with Gasteiger partial charge in [0, 0.05) is 6.92 Å². The smallest absolute Gasteiger partial charge is 0.338 e. The van der Waals surface area contributed by atoms with Gasteiger partial charge in [0.15, 0.2) is 0 Å². The molecule has 0 bridgehead atoms. The molecule has 2 heterocycles. The van der Waals surface area contributed by atoms with Crippen molar-refractivity contribution in [2.45, 2.75) is 31.2 Å². The molecule has 0 aliphatic carbocycles. The topological polar surface area (TPSA) is 75.7 Å². The van der Waals surface area contributed by atoms with Crippen LogP contribution in [0.15, 0.2) is 0 Å². The average molecular weight is 244 g/mol. The number of carbonyl (C=O) groups excluding carboxylic acids is 3. The number of nitrogens with one attached hydrogen (secondary N) is 1. The van der Waals surface area contributed by atoms with Crippen LogP contribution in [0, 0.1) is 0 Å². The Morgan fingerprint density at radius 3 is 2.94 bits per heavy atom. The predicted molar refractivity (Wildman–Crippen MR) is 56.0 cm³/mol. The fourth-order valence-electron chi connectivity index (χ4n) is 1.79. The van der Waals surface area contributed by atoms with Crippen LogP contribution in [-0.4, -0.2) is 39.9 Å². The molecule has 0 aromatic carbocycles. The molecule has 0 aromatic rings. The van der Waals surface area contributed by atoms with Gasteiger partial charge in [0.05, 0.1) is 11.8 Å². The van der Waals surface area contributed by atoms with Crippen LogP contribution in [-0.2, 0) is 19.2 Å². The van der Waals surface area contributed by atoms with Gasteiger partial charge in [-0.15, -0.1) is 11.8 Å². The summed E-state index contributed by atoms with van der Waals surface area (Å²) in [6.45, 7) is 1.25. The van der Waals surface area contributed by atoms with Crippen molar-refractivity contribution in [3.63, 3.8) is 0 Å². The molecule has 6 nitrogen and oxygen atoms in total. The van der Waals surface area contributed by atoms with E-state index in [1.807, 2.05) is 5.48 Å². The third-order valence-corrected chi connectivity index (χ3v) is 3.80. The summed E-state index contributed by atoms with van der Waals surface area (Å²) in [5.41, 5.74) is 1.98. The molecule has 0 saturated carbocycles. The van der Waals surface area contributed by atoms with Crippen molar-refractivity contribution in [1.82, 2.24) is 10.4 Å². The van der Waals surface area contributed by atoms with Gasteiger partial charge >= 0.3 is 5.97 Å². The molecule has 2 atom stereocenters. The van der Waals surface area contributed by atoms with Gasteiger partial charge in [-0.1, -0.05) is 0 Å². The molecule has 0 radical (unpaired) electrons. The maximum Gasteiger partial charge on any atom is 0.354 e. The lowest BCUT2D eigenvalue weighted by Gasteiger charge is -2.47. The summed E-state index contributed by atoms with van der Waals surface area (Å²) < 4.78 is 0. The number of rotatable bonds is 1. The second-order valence-corrected chi connectivity index (χ2v) is 5.00. The van der Waals surface area contributed by atoms with Crippen molar-refractivity contribution in [3.05, 3.63) is 0 Å². The fraction of sp³-hybridized carbons (Fsp3) is 0.667. The largest absolute Gasteiger partial charge is 0.354 e. The number of carbonyl (C=O) groups is 3. The molecule has 2 amide bonds. The summed E-state index contributed by atoms with van der Waals surface area (Å²) in [4.78, 5) is 39.7. The molecule has 2 aliphatic heterocycles.